The van der Waals surface area contributed by atoms with Crippen molar-refractivity contribution in [1.82, 2.24) is 14.5 Å². The van der Waals surface area contributed by atoms with E-state index < -0.39 is 0 Å². The van der Waals surface area contributed by atoms with Crippen LogP contribution in [0.15, 0.2) is 43.1 Å². The first kappa shape index (κ1) is 14.0. The van der Waals surface area contributed by atoms with Crippen LogP contribution in [0.3, 0.4) is 0 Å². The summed E-state index contributed by atoms with van der Waals surface area (Å²) >= 11 is 0. The van der Waals surface area contributed by atoms with Crippen molar-refractivity contribution in [2.45, 2.75) is 6.42 Å². The van der Waals surface area contributed by atoms with Crippen LogP contribution >= 0.6 is 0 Å². The van der Waals surface area contributed by atoms with E-state index in [-0.39, 0.29) is 10.6 Å². The Bertz CT molecular complexity index is 828. The van der Waals surface area contributed by atoms with Gasteiger partial charge in [-0.25, -0.2) is 4.98 Å². The standard InChI is InChI=1S/C15H15N5O2/c1-19-10-17-8-11(19)4-7-18-14-2-3-15(20(21)22)13-9-16-6-5-12(13)14/h2-3,5-6,8-10,18H,4,7H2,1H3. The van der Waals surface area contributed by atoms with E-state index in [1.807, 2.05) is 17.8 Å². The first-order valence-electron chi connectivity index (χ1n) is 6.87. The van der Waals surface area contributed by atoms with Gasteiger partial charge in [0.1, 0.15) is 0 Å². The van der Waals surface area contributed by atoms with E-state index in [1.165, 1.54) is 12.3 Å². The van der Waals surface area contributed by atoms with Gasteiger partial charge in [0.15, 0.2) is 0 Å². The molecule has 0 fully saturated rings. The predicted octanol–water partition coefficient (Wildman–Crippen LogP) is 2.53. The number of aromatic nitrogens is 3. The zero-order chi connectivity index (χ0) is 15.5. The number of anilines is 1. The molecule has 7 nitrogen and oxygen atoms in total. The van der Waals surface area contributed by atoms with E-state index >= 15 is 0 Å². The summed E-state index contributed by atoms with van der Waals surface area (Å²) in [5.41, 5.74) is 2.06. The van der Waals surface area contributed by atoms with Gasteiger partial charge in [0, 0.05) is 61.4 Å². The SMILES string of the molecule is Cn1cncc1CCNc1ccc([N+](=O)[O-])c2cnccc12. The maximum Gasteiger partial charge on any atom is 0.278 e. The molecule has 22 heavy (non-hydrogen) atoms. The number of nitrogens with zero attached hydrogens (tertiary/aromatic N) is 4. The second-order valence-electron chi connectivity index (χ2n) is 4.98. The number of nitrogens with one attached hydrogen (secondary N) is 1. The Morgan fingerprint density at radius 3 is 2.82 bits per heavy atom. The number of benzene rings is 1. The van der Waals surface area contributed by atoms with Crippen LogP contribution < -0.4 is 5.32 Å². The van der Waals surface area contributed by atoms with Crippen molar-refractivity contribution in [2.24, 2.45) is 7.05 Å². The molecule has 0 saturated heterocycles. The average molecular weight is 297 g/mol. The molecule has 0 bridgehead atoms. The summed E-state index contributed by atoms with van der Waals surface area (Å²) in [7, 11) is 1.95. The molecule has 0 amide bonds. The maximum atomic E-state index is 11.1. The summed E-state index contributed by atoms with van der Waals surface area (Å²) in [6.45, 7) is 0.717. The highest BCUT2D eigenvalue weighted by molar-refractivity contribution is 5.99. The largest absolute Gasteiger partial charge is 0.384 e. The maximum absolute atomic E-state index is 11.1. The first-order chi connectivity index (χ1) is 10.7. The van der Waals surface area contributed by atoms with Gasteiger partial charge < -0.3 is 9.88 Å². The Hall–Kier alpha value is -2.96. The van der Waals surface area contributed by atoms with E-state index in [4.69, 9.17) is 0 Å². The fourth-order valence-electron chi connectivity index (χ4n) is 2.44. The van der Waals surface area contributed by atoms with Gasteiger partial charge in [-0.1, -0.05) is 0 Å². The second kappa shape index (κ2) is 5.80. The van der Waals surface area contributed by atoms with E-state index in [9.17, 15) is 10.1 Å². The molecule has 0 atom stereocenters. The number of rotatable bonds is 5. The predicted molar refractivity (Wildman–Crippen MR) is 83.8 cm³/mol. The summed E-state index contributed by atoms with van der Waals surface area (Å²) in [6, 6.07) is 5.04. The smallest absolute Gasteiger partial charge is 0.278 e. The van der Waals surface area contributed by atoms with Crippen molar-refractivity contribution in [3.63, 3.8) is 0 Å². The van der Waals surface area contributed by atoms with Crippen LogP contribution in [0.4, 0.5) is 11.4 Å². The lowest BCUT2D eigenvalue weighted by Crippen LogP contribution is -2.08. The van der Waals surface area contributed by atoms with Crippen LogP contribution in [0.2, 0.25) is 0 Å². The minimum absolute atomic E-state index is 0.0697. The van der Waals surface area contributed by atoms with Crippen molar-refractivity contribution >= 4 is 22.1 Å². The van der Waals surface area contributed by atoms with Gasteiger partial charge in [0.05, 0.1) is 16.6 Å². The highest BCUT2D eigenvalue weighted by Gasteiger charge is 2.14. The number of aryl methyl sites for hydroxylation is 1. The molecule has 1 aromatic carbocycles. The molecular weight excluding hydrogens is 282 g/mol. The van der Waals surface area contributed by atoms with E-state index in [2.05, 4.69) is 15.3 Å². The molecule has 2 aromatic heterocycles. The van der Waals surface area contributed by atoms with E-state index in [0.717, 1.165) is 29.7 Å². The van der Waals surface area contributed by atoms with Gasteiger partial charge in [-0.2, -0.15) is 0 Å². The Balaban J connectivity index is 1.84. The van der Waals surface area contributed by atoms with Gasteiger partial charge >= 0.3 is 0 Å². The first-order valence-corrected chi connectivity index (χ1v) is 6.87. The minimum atomic E-state index is -0.385. The molecule has 0 unspecified atom stereocenters. The molecule has 0 spiro atoms. The van der Waals surface area contributed by atoms with Crippen molar-refractivity contribution < 1.29 is 4.92 Å². The Morgan fingerprint density at radius 1 is 1.23 bits per heavy atom. The molecule has 2 heterocycles. The number of fused-ring (bicyclic) bond motifs is 1. The fraction of sp³-hybridized carbons (Fsp3) is 0.200. The monoisotopic (exact) mass is 297 g/mol. The van der Waals surface area contributed by atoms with Crippen molar-refractivity contribution in [1.29, 1.82) is 0 Å². The molecule has 0 aliphatic heterocycles. The van der Waals surface area contributed by atoms with E-state index in [0.29, 0.717) is 5.39 Å². The molecular formula is C15H15N5O2. The molecule has 0 aliphatic carbocycles. The van der Waals surface area contributed by atoms with Crippen LogP contribution in [-0.2, 0) is 13.5 Å². The third-order valence-electron chi connectivity index (χ3n) is 3.60. The molecule has 3 rings (SSSR count). The minimum Gasteiger partial charge on any atom is -0.384 e. The number of nitro benzene ring substituents is 1. The molecule has 3 aromatic rings. The van der Waals surface area contributed by atoms with Crippen molar-refractivity contribution in [2.75, 3.05) is 11.9 Å². The second-order valence-corrected chi connectivity index (χ2v) is 4.98. The van der Waals surface area contributed by atoms with Gasteiger partial charge in [-0.05, 0) is 12.1 Å². The fourth-order valence-corrected chi connectivity index (χ4v) is 2.44. The van der Waals surface area contributed by atoms with Gasteiger partial charge in [0.2, 0.25) is 0 Å². The average Bonchev–Trinajstić information content (AvgIpc) is 2.92. The normalized spacial score (nSPS) is 10.8. The summed E-state index contributed by atoms with van der Waals surface area (Å²) in [5.74, 6) is 0. The van der Waals surface area contributed by atoms with Crippen LogP contribution in [0.1, 0.15) is 5.69 Å². The highest BCUT2D eigenvalue weighted by atomic mass is 16.6. The molecule has 0 radical (unpaired) electrons. The highest BCUT2D eigenvalue weighted by Crippen LogP contribution is 2.30. The summed E-state index contributed by atoms with van der Waals surface area (Å²) < 4.78 is 1.97. The van der Waals surface area contributed by atoms with Crippen LogP contribution in [0.25, 0.3) is 10.8 Å². The van der Waals surface area contributed by atoms with Crippen LogP contribution in [0, 0.1) is 10.1 Å². The van der Waals surface area contributed by atoms with Gasteiger partial charge in [-0.3, -0.25) is 15.1 Å². The quantitative estimate of drug-likeness (QED) is 0.577. The lowest BCUT2D eigenvalue weighted by molar-refractivity contribution is -0.383. The van der Waals surface area contributed by atoms with Crippen LogP contribution in [0.5, 0.6) is 0 Å². The Kier molecular flexibility index (Phi) is 3.69. The summed E-state index contributed by atoms with van der Waals surface area (Å²) in [4.78, 5) is 18.8. The third-order valence-corrected chi connectivity index (χ3v) is 3.60. The topological polar surface area (TPSA) is 85.9 Å². The molecule has 0 saturated carbocycles. The van der Waals surface area contributed by atoms with Gasteiger partial charge in [-0.15, -0.1) is 0 Å². The summed E-state index contributed by atoms with van der Waals surface area (Å²) in [5, 5.41) is 15.7. The molecule has 1 N–H and O–H groups in total. The molecule has 7 heteroatoms. The lowest BCUT2D eigenvalue weighted by atomic mass is 10.1. The number of imidazole rings is 1. The Morgan fingerprint density at radius 2 is 2.09 bits per heavy atom. The van der Waals surface area contributed by atoms with Gasteiger partial charge in [0.25, 0.3) is 5.69 Å². The van der Waals surface area contributed by atoms with Crippen LogP contribution in [-0.4, -0.2) is 26.0 Å². The van der Waals surface area contributed by atoms with Crippen molar-refractivity contribution in [3.05, 3.63) is 58.9 Å². The van der Waals surface area contributed by atoms with E-state index in [1.54, 1.807) is 24.7 Å². The zero-order valence-electron chi connectivity index (χ0n) is 12.1. The zero-order valence-corrected chi connectivity index (χ0v) is 12.1. The molecule has 0 aliphatic rings. The summed E-state index contributed by atoms with van der Waals surface area (Å²) in [6.07, 6.45) is 7.58. The number of hydrogen-bond donors (Lipinski definition) is 1. The number of nitro groups is 1. The Labute approximate surface area is 126 Å². The molecule has 112 valence electrons. The number of pyridine rings is 1. The number of hydrogen-bond acceptors (Lipinski definition) is 5. The number of non-ortho nitro benzene ring substituents is 1. The lowest BCUT2D eigenvalue weighted by Gasteiger charge is -2.10. The third kappa shape index (κ3) is 2.60. The van der Waals surface area contributed by atoms with Crippen molar-refractivity contribution in [3.8, 4) is 0 Å².